The molecule has 2 aromatic rings. The van der Waals surface area contributed by atoms with Gasteiger partial charge in [0.25, 0.3) is 6.43 Å². The fraction of sp³-hybridized carbons (Fsp3) is 0.273. The predicted molar refractivity (Wildman–Crippen MR) is 52.7 cm³/mol. The third kappa shape index (κ3) is 1.50. The summed E-state index contributed by atoms with van der Waals surface area (Å²) in [7, 11) is 0. The Morgan fingerprint density at radius 1 is 1.29 bits per heavy atom. The Morgan fingerprint density at radius 2 is 2.07 bits per heavy atom. The van der Waals surface area contributed by atoms with Gasteiger partial charge in [-0.25, -0.2) is 8.78 Å². The van der Waals surface area contributed by atoms with Crippen LogP contribution in [0.2, 0.25) is 0 Å². The molecule has 0 saturated carbocycles. The molecular weight excluding hydrogens is 184 g/mol. The third-order valence-electron chi connectivity index (χ3n) is 2.37. The zero-order valence-corrected chi connectivity index (χ0v) is 7.87. The van der Waals surface area contributed by atoms with Crippen LogP contribution in [0.3, 0.4) is 0 Å². The van der Waals surface area contributed by atoms with Gasteiger partial charge in [-0.3, -0.25) is 0 Å². The summed E-state index contributed by atoms with van der Waals surface area (Å²) < 4.78 is 26.0. The Morgan fingerprint density at radius 3 is 2.79 bits per heavy atom. The molecular formula is C11H11F2N. The summed E-state index contributed by atoms with van der Waals surface area (Å²) >= 11 is 0. The van der Waals surface area contributed by atoms with Gasteiger partial charge in [-0.15, -0.1) is 0 Å². The van der Waals surface area contributed by atoms with Crippen LogP contribution in [0.1, 0.15) is 5.56 Å². The monoisotopic (exact) mass is 195 g/mol. The van der Waals surface area contributed by atoms with Crippen LogP contribution in [-0.4, -0.2) is 11.0 Å². The average Bonchev–Trinajstić information content (AvgIpc) is 2.49. The van der Waals surface area contributed by atoms with E-state index >= 15 is 0 Å². The first kappa shape index (κ1) is 9.19. The summed E-state index contributed by atoms with van der Waals surface area (Å²) in [5.41, 5.74) is 2.00. The molecule has 0 saturated heterocycles. The Bertz CT molecular complexity index is 445. The standard InChI is InChI=1S/C11H11F2N/c1-8-3-2-4-10-9(8)5-6-14(10)7-11(12)13/h2-6,11H,7H2,1H3. The minimum absolute atomic E-state index is 0.229. The molecule has 1 aromatic heterocycles. The van der Waals surface area contributed by atoms with E-state index < -0.39 is 6.43 Å². The normalized spacial score (nSPS) is 11.4. The van der Waals surface area contributed by atoms with E-state index in [1.54, 1.807) is 10.8 Å². The van der Waals surface area contributed by atoms with E-state index in [1.165, 1.54) is 0 Å². The van der Waals surface area contributed by atoms with E-state index in [0.717, 1.165) is 16.5 Å². The zero-order chi connectivity index (χ0) is 10.1. The Hall–Kier alpha value is -1.38. The highest BCUT2D eigenvalue weighted by Crippen LogP contribution is 2.20. The summed E-state index contributed by atoms with van der Waals surface area (Å²) in [5.74, 6) is 0. The molecule has 0 fully saturated rings. The van der Waals surface area contributed by atoms with Gasteiger partial charge in [-0.1, -0.05) is 12.1 Å². The van der Waals surface area contributed by atoms with Gasteiger partial charge in [0.1, 0.15) is 0 Å². The van der Waals surface area contributed by atoms with Gasteiger partial charge < -0.3 is 4.57 Å². The maximum atomic E-state index is 12.2. The topological polar surface area (TPSA) is 4.93 Å². The van der Waals surface area contributed by atoms with Crippen LogP contribution in [0, 0.1) is 6.92 Å². The number of alkyl halides is 2. The van der Waals surface area contributed by atoms with Crippen molar-refractivity contribution in [2.75, 3.05) is 0 Å². The maximum absolute atomic E-state index is 12.2. The number of benzene rings is 1. The van der Waals surface area contributed by atoms with Crippen molar-refractivity contribution < 1.29 is 8.78 Å². The lowest BCUT2D eigenvalue weighted by atomic mass is 10.1. The second-order valence-corrected chi connectivity index (χ2v) is 3.37. The second kappa shape index (κ2) is 3.40. The number of aromatic nitrogens is 1. The summed E-state index contributed by atoms with van der Waals surface area (Å²) in [6.07, 6.45) is -0.588. The minimum Gasteiger partial charge on any atom is -0.342 e. The molecule has 3 heteroatoms. The number of halogens is 2. The minimum atomic E-state index is -2.30. The quantitative estimate of drug-likeness (QED) is 0.693. The Kier molecular flexibility index (Phi) is 2.23. The van der Waals surface area contributed by atoms with Gasteiger partial charge in [0, 0.05) is 17.1 Å². The summed E-state index contributed by atoms with van der Waals surface area (Å²) in [4.78, 5) is 0. The predicted octanol–water partition coefficient (Wildman–Crippen LogP) is 3.21. The number of rotatable bonds is 2. The lowest BCUT2D eigenvalue weighted by molar-refractivity contribution is 0.128. The van der Waals surface area contributed by atoms with Crippen LogP contribution in [0.15, 0.2) is 30.5 Å². The highest BCUT2D eigenvalue weighted by Gasteiger charge is 2.07. The summed E-state index contributed by atoms with van der Waals surface area (Å²) in [5, 5.41) is 1.05. The molecule has 0 bridgehead atoms. The highest BCUT2D eigenvalue weighted by molar-refractivity contribution is 5.83. The fourth-order valence-corrected chi connectivity index (χ4v) is 1.69. The first-order valence-electron chi connectivity index (χ1n) is 4.51. The first-order chi connectivity index (χ1) is 6.68. The molecule has 1 aromatic carbocycles. The van der Waals surface area contributed by atoms with Crippen molar-refractivity contribution in [3.05, 3.63) is 36.0 Å². The van der Waals surface area contributed by atoms with Gasteiger partial charge in [0.15, 0.2) is 0 Å². The van der Waals surface area contributed by atoms with Gasteiger partial charge in [-0.2, -0.15) is 0 Å². The molecule has 0 radical (unpaired) electrons. The molecule has 0 aliphatic heterocycles. The lowest BCUT2D eigenvalue weighted by Gasteiger charge is -2.04. The Balaban J connectivity index is 2.52. The van der Waals surface area contributed by atoms with Crippen molar-refractivity contribution in [2.24, 2.45) is 0 Å². The first-order valence-corrected chi connectivity index (χ1v) is 4.51. The van der Waals surface area contributed by atoms with E-state index in [4.69, 9.17) is 0 Å². The average molecular weight is 195 g/mol. The number of nitrogens with zero attached hydrogens (tertiary/aromatic N) is 1. The van der Waals surface area contributed by atoms with Crippen LogP contribution in [0.5, 0.6) is 0 Å². The van der Waals surface area contributed by atoms with Crippen LogP contribution >= 0.6 is 0 Å². The third-order valence-corrected chi connectivity index (χ3v) is 2.37. The second-order valence-electron chi connectivity index (χ2n) is 3.37. The molecule has 1 heterocycles. The Labute approximate surface area is 81.0 Å². The number of hydrogen-bond donors (Lipinski definition) is 0. The SMILES string of the molecule is Cc1cccc2c1ccn2CC(F)F. The van der Waals surface area contributed by atoms with Gasteiger partial charge in [0.05, 0.1) is 6.54 Å². The van der Waals surface area contributed by atoms with E-state index in [0.29, 0.717) is 0 Å². The smallest absolute Gasteiger partial charge is 0.256 e. The number of aryl methyl sites for hydroxylation is 1. The fourth-order valence-electron chi connectivity index (χ4n) is 1.69. The molecule has 0 amide bonds. The molecule has 2 rings (SSSR count). The molecule has 0 N–H and O–H groups in total. The van der Waals surface area contributed by atoms with Crippen molar-refractivity contribution in [3.63, 3.8) is 0 Å². The van der Waals surface area contributed by atoms with Gasteiger partial charge in [0.2, 0.25) is 0 Å². The summed E-state index contributed by atoms with van der Waals surface area (Å²) in [6, 6.07) is 7.62. The largest absolute Gasteiger partial charge is 0.342 e. The molecule has 0 aliphatic carbocycles. The van der Waals surface area contributed by atoms with Crippen molar-refractivity contribution in [1.82, 2.24) is 4.57 Å². The van der Waals surface area contributed by atoms with Crippen molar-refractivity contribution in [3.8, 4) is 0 Å². The molecule has 14 heavy (non-hydrogen) atoms. The van der Waals surface area contributed by atoms with E-state index in [2.05, 4.69) is 0 Å². The zero-order valence-electron chi connectivity index (χ0n) is 7.87. The van der Waals surface area contributed by atoms with Crippen LogP contribution < -0.4 is 0 Å². The van der Waals surface area contributed by atoms with E-state index in [9.17, 15) is 8.78 Å². The molecule has 74 valence electrons. The van der Waals surface area contributed by atoms with Crippen LogP contribution in [0.4, 0.5) is 8.78 Å². The molecule has 0 aliphatic rings. The molecule has 0 spiro atoms. The number of fused-ring (bicyclic) bond motifs is 1. The molecule has 1 nitrogen and oxygen atoms in total. The maximum Gasteiger partial charge on any atom is 0.256 e. The van der Waals surface area contributed by atoms with Crippen LogP contribution in [0.25, 0.3) is 10.9 Å². The summed E-state index contributed by atoms with van der Waals surface area (Å²) in [6.45, 7) is 1.75. The van der Waals surface area contributed by atoms with Gasteiger partial charge >= 0.3 is 0 Å². The van der Waals surface area contributed by atoms with Crippen molar-refractivity contribution >= 4 is 10.9 Å². The van der Waals surface area contributed by atoms with Crippen LogP contribution in [-0.2, 0) is 6.54 Å². The van der Waals surface area contributed by atoms with E-state index in [1.807, 2.05) is 31.2 Å². The number of hydrogen-bond acceptors (Lipinski definition) is 0. The highest BCUT2D eigenvalue weighted by atomic mass is 19.3. The molecule has 0 atom stereocenters. The molecule has 0 unspecified atom stereocenters. The van der Waals surface area contributed by atoms with Gasteiger partial charge in [-0.05, 0) is 24.6 Å². The van der Waals surface area contributed by atoms with E-state index in [-0.39, 0.29) is 6.54 Å². The lowest BCUT2D eigenvalue weighted by Crippen LogP contribution is -2.04. The van der Waals surface area contributed by atoms with Crippen molar-refractivity contribution in [2.45, 2.75) is 19.9 Å². The van der Waals surface area contributed by atoms with Crippen molar-refractivity contribution in [1.29, 1.82) is 0 Å².